The first kappa shape index (κ1) is 21.1. The van der Waals surface area contributed by atoms with E-state index in [0.717, 1.165) is 23.3 Å². The molecule has 0 N–H and O–H groups in total. The molecule has 0 saturated carbocycles. The molecule has 0 unspecified atom stereocenters. The predicted molar refractivity (Wildman–Crippen MR) is 112 cm³/mol. The van der Waals surface area contributed by atoms with Crippen molar-refractivity contribution in [3.63, 3.8) is 0 Å². The van der Waals surface area contributed by atoms with Crippen LogP contribution in [0.3, 0.4) is 0 Å². The minimum absolute atomic E-state index is 0.0181. The van der Waals surface area contributed by atoms with Crippen LogP contribution in [0.2, 0.25) is 0 Å². The number of fused-ring (bicyclic) bond motifs is 1. The lowest BCUT2D eigenvalue weighted by atomic mass is 9.97. The number of hydrogen-bond acceptors (Lipinski definition) is 4. The topological polar surface area (TPSA) is 67.7 Å². The van der Waals surface area contributed by atoms with Gasteiger partial charge < -0.3 is 19.1 Å². The van der Waals surface area contributed by atoms with Crippen molar-refractivity contribution in [3.05, 3.63) is 30.1 Å². The van der Waals surface area contributed by atoms with Crippen LogP contribution in [-0.2, 0) is 23.1 Å². The molecule has 1 fully saturated rings. The van der Waals surface area contributed by atoms with E-state index in [-0.39, 0.29) is 17.9 Å². The average molecular weight is 401 g/mol. The van der Waals surface area contributed by atoms with Gasteiger partial charge in [0.15, 0.2) is 0 Å². The molecule has 158 valence electrons. The molecule has 29 heavy (non-hydrogen) atoms. The van der Waals surface area contributed by atoms with E-state index in [1.165, 1.54) is 0 Å². The van der Waals surface area contributed by atoms with Gasteiger partial charge in [-0.1, -0.05) is 32.4 Å². The van der Waals surface area contributed by atoms with Gasteiger partial charge in [-0.25, -0.2) is 14.6 Å². The molecule has 0 spiro atoms. The molecule has 1 aliphatic rings. The molecule has 1 aromatic heterocycles. The van der Waals surface area contributed by atoms with Crippen molar-refractivity contribution in [2.75, 3.05) is 13.1 Å². The summed E-state index contributed by atoms with van der Waals surface area (Å²) in [5.41, 5.74) is 1.37. The third kappa shape index (κ3) is 4.38. The van der Waals surface area contributed by atoms with E-state index in [1.807, 2.05) is 70.5 Å². The van der Waals surface area contributed by atoms with Gasteiger partial charge in [-0.05, 0) is 38.8 Å². The summed E-state index contributed by atoms with van der Waals surface area (Å²) < 4.78 is 7.65. The van der Waals surface area contributed by atoms with Crippen molar-refractivity contribution in [3.8, 4) is 0 Å². The lowest BCUT2D eigenvalue weighted by Gasteiger charge is -2.32. The molecule has 1 aromatic carbocycles. The molecule has 1 saturated heterocycles. The molecule has 2 heterocycles. The molecule has 2 atom stereocenters. The zero-order valence-corrected chi connectivity index (χ0v) is 18.3. The number of carbonyl (C=O) groups is 2. The zero-order valence-electron chi connectivity index (χ0n) is 18.3. The van der Waals surface area contributed by atoms with Crippen molar-refractivity contribution < 1.29 is 14.3 Å². The van der Waals surface area contributed by atoms with E-state index in [9.17, 15) is 9.59 Å². The van der Waals surface area contributed by atoms with Gasteiger partial charge >= 0.3 is 12.0 Å². The summed E-state index contributed by atoms with van der Waals surface area (Å²) in [6, 6.07) is 7.22. The zero-order chi connectivity index (χ0) is 21.3. The molecule has 0 radical (unpaired) electrons. The number of amides is 2. The molecule has 2 aromatic rings. The average Bonchev–Trinajstić information content (AvgIpc) is 3.15. The van der Waals surface area contributed by atoms with E-state index in [0.29, 0.717) is 19.6 Å². The van der Waals surface area contributed by atoms with Crippen LogP contribution in [0.5, 0.6) is 0 Å². The fourth-order valence-corrected chi connectivity index (χ4v) is 3.77. The van der Waals surface area contributed by atoms with E-state index in [2.05, 4.69) is 4.98 Å². The van der Waals surface area contributed by atoms with Gasteiger partial charge in [0.2, 0.25) is 0 Å². The number of aryl methyl sites for hydroxylation is 1. The van der Waals surface area contributed by atoms with E-state index in [4.69, 9.17) is 4.74 Å². The van der Waals surface area contributed by atoms with Crippen LogP contribution in [0.1, 0.15) is 46.9 Å². The first-order valence-corrected chi connectivity index (χ1v) is 10.3. The second-order valence-corrected chi connectivity index (χ2v) is 8.84. The van der Waals surface area contributed by atoms with Crippen molar-refractivity contribution in [2.45, 2.75) is 59.2 Å². The summed E-state index contributed by atoms with van der Waals surface area (Å²) >= 11 is 0. The highest BCUT2D eigenvalue weighted by Crippen LogP contribution is 2.25. The lowest BCUT2D eigenvalue weighted by molar-refractivity contribution is -0.162. The Morgan fingerprint density at radius 3 is 2.55 bits per heavy atom. The van der Waals surface area contributed by atoms with Gasteiger partial charge in [-0.15, -0.1) is 0 Å². The van der Waals surface area contributed by atoms with Gasteiger partial charge in [0.1, 0.15) is 17.5 Å². The first-order chi connectivity index (χ1) is 13.6. The summed E-state index contributed by atoms with van der Waals surface area (Å²) in [4.78, 5) is 34.2. The van der Waals surface area contributed by atoms with Crippen LogP contribution < -0.4 is 0 Å². The molecule has 7 nitrogen and oxygen atoms in total. The molecule has 1 aliphatic heterocycles. The molecule has 0 aliphatic carbocycles. The Hall–Kier alpha value is -2.57. The number of nitrogens with zero attached hydrogens (tertiary/aromatic N) is 4. The van der Waals surface area contributed by atoms with Gasteiger partial charge in [-0.3, -0.25) is 0 Å². The summed E-state index contributed by atoms with van der Waals surface area (Å²) in [6.07, 6.45) is 0.790. The molecule has 3 rings (SSSR count). The number of aromatic nitrogens is 2. The Labute approximate surface area is 172 Å². The SMILES string of the molecule is CC[C@H](C)[C@@H](C(=O)OC(C)(C)C)N1CCN(Cc2nc3ccccc3n2C)C1=O. The summed E-state index contributed by atoms with van der Waals surface area (Å²) in [5, 5.41) is 0. The normalized spacial score (nSPS) is 17.1. The Balaban J connectivity index is 1.79. The highest BCUT2D eigenvalue weighted by atomic mass is 16.6. The number of imidazole rings is 1. The minimum Gasteiger partial charge on any atom is -0.458 e. The third-order valence-electron chi connectivity index (χ3n) is 5.51. The van der Waals surface area contributed by atoms with Crippen molar-refractivity contribution in [1.29, 1.82) is 0 Å². The Kier molecular flexibility index (Phi) is 5.87. The van der Waals surface area contributed by atoms with Crippen LogP contribution in [0.4, 0.5) is 4.79 Å². The maximum Gasteiger partial charge on any atom is 0.329 e. The van der Waals surface area contributed by atoms with Crippen LogP contribution >= 0.6 is 0 Å². The highest BCUT2D eigenvalue weighted by molar-refractivity contribution is 5.85. The lowest BCUT2D eigenvalue weighted by Crippen LogP contribution is -2.49. The van der Waals surface area contributed by atoms with E-state index >= 15 is 0 Å². The molecular weight excluding hydrogens is 368 g/mol. The number of carbonyl (C=O) groups excluding carboxylic acids is 2. The smallest absolute Gasteiger partial charge is 0.329 e. The second kappa shape index (κ2) is 8.05. The van der Waals surface area contributed by atoms with Crippen molar-refractivity contribution in [1.82, 2.24) is 19.4 Å². The van der Waals surface area contributed by atoms with E-state index in [1.54, 1.807) is 9.80 Å². The van der Waals surface area contributed by atoms with Gasteiger partial charge in [0.05, 0.1) is 17.6 Å². The number of ether oxygens (including phenoxy) is 1. The van der Waals surface area contributed by atoms with Crippen LogP contribution in [0.25, 0.3) is 11.0 Å². The van der Waals surface area contributed by atoms with Crippen LogP contribution in [0.15, 0.2) is 24.3 Å². The molecule has 0 bridgehead atoms. The summed E-state index contributed by atoms with van der Waals surface area (Å²) in [7, 11) is 1.96. The fraction of sp³-hybridized carbons (Fsp3) is 0.591. The molecule has 7 heteroatoms. The fourth-order valence-electron chi connectivity index (χ4n) is 3.77. The van der Waals surface area contributed by atoms with Crippen molar-refractivity contribution in [2.24, 2.45) is 13.0 Å². The maximum absolute atomic E-state index is 13.2. The highest BCUT2D eigenvalue weighted by Gasteiger charge is 2.41. The third-order valence-corrected chi connectivity index (χ3v) is 5.51. The summed E-state index contributed by atoms with van der Waals surface area (Å²) in [6.45, 7) is 11.1. The quantitative estimate of drug-likeness (QED) is 0.695. The Bertz CT molecular complexity index is 899. The number of para-hydroxylation sites is 2. The number of urea groups is 1. The number of rotatable bonds is 6. The predicted octanol–water partition coefficient (Wildman–Crippen LogP) is 3.57. The minimum atomic E-state index is -0.585. The first-order valence-electron chi connectivity index (χ1n) is 10.3. The monoisotopic (exact) mass is 400 g/mol. The number of esters is 1. The largest absolute Gasteiger partial charge is 0.458 e. The standard InChI is InChI=1S/C22H32N4O3/c1-7-15(2)19(20(27)29-22(3,4)5)26-13-12-25(21(26)28)14-18-23-16-10-8-9-11-17(16)24(18)6/h8-11,15,19H,7,12-14H2,1-6H3/t15-,19-/m0/s1. The van der Waals surface area contributed by atoms with Gasteiger partial charge in [0, 0.05) is 20.1 Å². The summed E-state index contributed by atoms with van der Waals surface area (Å²) in [5.74, 6) is 0.521. The maximum atomic E-state index is 13.2. The Morgan fingerprint density at radius 1 is 1.24 bits per heavy atom. The van der Waals surface area contributed by atoms with Gasteiger partial charge in [-0.2, -0.15) is 0 Å². The number of benzene rings is 1. The van der Waals surface area contributed by atoms with E-state index < -0.39 is 11.6 Å². The Morgan fingerprint density at radius 2 is 1.93 bits per heavy atom. The van der Waals surface area contributed by atoms with Gasteiger partial charge in [0.25, 0.3) is 0 Å². The number of hydrogen-bond donors (Lipinski definition) is 0. The van der Waals surface area contributed by atoms with Crippen molar-refractivity contribution >= 4 is 23.0 Å². The second-order valence-electron chi connectivity index (χ2n) is 8.84. The molecular formula is C22H32N4O3. The van der Waals surface area contributed by atoms with Crippen LogP contribution in [0, 0.1) is 5.92 Å². The van der Waals surface area contributed by atoms with Crippen LogP contribution in [-0.4, -0.2) is 56.1 Å². The molecule has 2 amide bonds.